The van der Waals surface area contributed by atoms with Crippen molar-refractivity contribution in [2.45, 2.75) is 23.6 Å². The number of hydrogen-bond donors (Lipinski definition) is 3. The molecule has 0 aliphatic carbocycles. The first-order valence-electron chi connectivity index (χ1n) is 7.83. The van der Waals surface area contributed by atoms with Crippen LogP contribution in [0, 0.1) is 0 Å². The molecule has 0 aromatic carbocycles. The second kappa shape index (κ2) is 7.98. The van der Waals surface area contributed by atoms with Gasteiger partial charge in [0, 0.05) is 16.8 Å². The normalized spacial score (nSPS) is 24.0. The Morgan fingerprint density at radius 1 is 1.39 bits per heavy atom. The number of nitrogens with zero attached hydrogens (tertiary/aromatic N) is 3. The van der Waals surface area contributed by atoms with E-state index in [2.05, 4.69) is 20.3 Å². The number of carbonyl (C=O) groups excluding carboxylic acids is 2. The smallest absolute Gasteiger partial charge is 0.344 e. The van der Waals surface area contributed by atoms with Gasteiger partial charge in [-0.15, -0.1) is 23.1 Å². The number of carbonyl (C=O) groups is 4. The lowest BCUT2D eigenvalue weighted by atomic mass is 10.1. The Bertz CT molecular complexity index is 883. The Hall–Kier alpha value is -2.93. The van der Waals surface area contributed by atoms with E-state index < -0.39 is 41.8 Å². The molecule has 3 atom stereocenters. The van der Waals surface area contributed by atoms with Gasteiger partial charge in [-0.1, -0.05) is 5.16 Å². The molecule has 11 nitrogen and oxygen atoms in total. The molecule has 0 saturated carbocycles. The molecule has 1 saturated heterocycles. The molecular formula is C15H14N4O7S2. The van der Waals surface area contributed by atoms with Gasteiger partial charge in [0.25, 0.3) is 11.8 Å². The van der Waals surface area contributed by atoms with Gasteiger partial charge >= 0.3 is 11.9 Å². The lowest BCUT2D eigenvalue weighted by Gasteiger charge is -2.48. The molecule has 13 heteroatoms. The van der Waals surface area contributed by atoms with Crippen LogP contribution in [-0.2, 0) is 24.0 Å². The van der Waals surface area contributed by atoms with Crippen LogP contribution in [0.25, 0.3) is 0 Å². The lowest BCUT2D eigenvalue weighted by molar-refractivity contribution is -0.144. The first-order valence-corrected chi connectivity index (χ1v) is 9.72. The molecule has 0 bridgehead atoms. The van der Waals surface area contributed by atoms with Gasteiger partial charge in [0.05, 0.1) is 11.1 Å². The first kappa shape index (κ1) is 19.8. The number of thioether (sulfide) groups is 1. The number of amides is 2. The van der Waals surface area contributed by atoms with E-state index in [1.807, 2.05) is 0 Å². The number of oxime groups is 1. The van der Waals surface area contributed by atoms with E-state index in [0.29, 0.717) is 0 Å². The number of aliphatic carboxylic acids is 2. The minimum absolute atomic E-state index is 0.103. The predicted octanol–water partition coefficient (Wildman–Crippen LogP) is -0.295. The standard InChI is InChI=1S/C15H14N4O7S2/c1-6-7(15(24)25)2-19-13(23)11(14(19)28-6)17-12(22)10(8-4-27-5-16-8)18-26-3-9(20)21/h2,4-6,11,14H,3H2,1H3,(H,17,22)(H,20,21)(H,24,25)/t6?,11?,14-/m1/s1. The number of hydrogen-bond acceptors (Lipinski definition) is 9. The van der Waals surface area contributed by atoms with Gasteiger partial charge < -0.3 is 25.3 Å². The van der Waals surface area contributed by atoms with Gasteiger partial charge in [-0.25, -0.2) is 14.6 Å². The molecule has 2 amide bonds. The summed E-state index contributed by atoms with van der Waals surface area (Å²) in [4.78, 5) is 56.6. The van der Waals surface area contributed by atoms with Crippen LogP contribution in [0.5, 0.6) is 0 Å². The van der Waals surface area contributed by atoms with E-state index in [0.717, 1.165) is 0 Å². The first-order chi connectivity index (χ1) is 13.3. The van der Waals surface area contributed by atoms with Gasteiger partial charge in [-0.2, -0.15) is 0 Å². The largest absolute Gasteiger partial charge is 0.479 e. The fourth-order valence-corrected chi connectivity index (χ4v) is 4.46. The topological polar surface area (TPSA) is 158 Å². The SMILES string of the molecule is CC1S[C@@H]2C(NC(=O)C(=NOCC(=O)O)c3cscn3)C(=O)N2C=C1C(=O)O. The van der Waals surface area contributed by atoms with Gasteiger partial charge in [-0.3, -0.25) is 9.59 Å². The van der Waals surface area contributed by atoms with Crippen LogP contribution in [0.4, 0.5) is 0 Å². The van der Waals surface area contributed by atoms with Crippen LogP contribution < -0.4 is 5.32 Å². The maximum Gasteiger partial charge on any atom is 0.344 e. The molecule has 2 aliphatic heterocycles. The average molecular weight is 426 g/mol. The number of fused-ring (bicyclic) bond motifs is 1. The van der Waals surface area contributed by atoms with Gasteiger partial charge in [0.15, 0.2) is 5.71 Å². The third-order valence-electron chi connectivity index (χ3n) is 3.91. The minimum Gasteiger partial charge on any atom is -0.479 e. The van der Waals surface area contributed by atoms with Crippen molar-refractivity contribution >= 4 is 52.6 Å². The third-order valence-corrected chi connectivity index (χ3v) is 5.93. The highest BCUT2D eigenvalue weighted by Gasteiger charge is 2.51. The molecule has 3 N–H and O–H groups in total. The summed E-state index contributed by atoms with van der Waals surface area (Å²) in [6.45, 7) is 0.960. The number of carboxylic acids is 2. The molecule has 3 rings (SSSR count). The fraction of sp³-hybridized carbons (Fsp3) is 0.333. The van der Waals surface area contributed by atoms with Gasteiger partial charge in [-0.05, 0) is 6.92 Å². The van der Waals surface area contributed by atoms with Crippen LogP contribution in [0.3, 0.4) is 0 Å². The van der Waals surface area contributed by atoms with Crippen molar-refractivity contribution in [1.29, 1.82) is 0 Å². The van der Waals surface area contributed by atoms with E-state index in [4.69, 9.17) is 10.2 Å². The fourth-order valence-electron chi connectivity index (χ4n) is 2.56. The Morgan fingerprint density at radius 2 is 2.14 bits per heavy atom. The summed E-state index contributed by atoms with van der Waals surface area (Å²) in [6, 6.07) is -0.880. The summed E-state index contributed by atoms with van der Waals surface area (Å²) < 4.78 is 0. The molecule has 0 radical (unpaired) electrons. The Labute approximate surface area is 166 Å². The summed E-state index contributed by atoms with van der Waals surface area (Å²) in [5.41, 5.74) is 1.48. The highest BCUT2D eigenvalue weighted by molar-refractivity contribution is 8.00. The van der Waals surface area contributed by atoms with Crippen LogP contribution in [0.1, 0.15) is 12.6 Å². The van der Waals surface area contributed by atoms with Crippen molar-refractivity contribution in [3.05, 3.63) is 28.4 Å². The van der Waals surface area contributed by atoms with Crippen molar-refractivity contribution in [1.82, 2.24) is 15.2 Å². The number of thiazole rings is 1. The van der Waals surface area contributed by atoms with Crippen LogP contribution in [-0.4, -0.2) is 72.8 Å². The summed E-state index contributed by atoms with van der Waals surface area (Å²) >= 11 is 2.44. The quantitative estimate of drug-likeness (QED) is 0.302. The highest BCUT2D eigenvalue weighted by atomic mass is 32.2. The zero-order valence-electron chi connectivity index (χ0n) is 14.3. The van der Waals surface area contributed by atoms with E-state index in [1.165, 1.54) is 45.1 Å². The Balaban J connectivity index is 1.74. The number of β-lactam (4-membered cyclic amide) rings is 1. The molecule has 2 aliphatic rings. The zero-order chi connectivity index (χ0) is 20.4. The van der Waals surface area contributed by atoms with Gasteiger partial charge in [0.1, 0.15) is 17.1 Å². The van der Waals surface area contributed by atoms with E-state index >= 15 is 0 Å². The number of rotatable bonds is 7. The summed E-state index contributed by atoms with van der Waals surface area (Å²) in [6.07, 6.45) is 1.28. The third kappa shape index (κ3) is 3.84. The maximum absolute atomic E-state index is 12.6. The lowest BCUT2D eigenvalue weighted by Crippen LogP contribution is -2.69. The summed E-state index contributed by atoms with van der Waals surface area (Å²) in [5, 5.41) is 24.6. The highest BCUT2D eigenvalue weighted by Crippen LogP contribution is 2.40. The van der Waals surface area contributed by atoms with Crippen LogP contribution >= 0.6 is 23.1 Å². The van der Waals surface area contributed by atoms with E-state index in [9.17, 15) is 19.2 Å². The predicted molar refractivity (Wildman–Crippen MR) is 97.6 cm³/mol. The summed E-state index contributed by atoms with van der Waals surface area (Å²) in [7, 11) is 0. The number of aromatic nitrogens is 1. The van der Waals surface area contributed by atoms with Crippen molar-refractivity contribution < 1.29 is 34.2 Å². The second-order valence-electron chi connectivity index (χ2n) is 5.74. The molecular weight excluding hydrogens is 412 g/mol. The molecule has 1 aromatic rings. The molecule has 148 valence electrons. The van der Waals surface area contributed by atoms with Crippen molar-refractivity contribution in [3.63, 3.8) is 0 Å². The summed E-state index contributed by atoms with van der Waals surface area (Å²) in [5.74, 6) is -3.58. The van der Waals surface area contributed by atoms with Crippen molar-refractivity contribution in [3.8, 4) is 0 Å². The molecule has 0 spiro atoms. The average Bonchev–Trinajstić information content (AvgIpc) is 3.16. The monoisotopic (exact) mass is 426 g/mol. The molecule has 2 unspecified atom stereocenters. The Kier molecular flexibility index (Phi) is 5.65. The molecule has 1 aromatic heterocycles. The van der Waals surface area contributed by atoms with E-state index in [-0.39, 0.29) is 22.2 Å². The number of nitrogens with one attached hydrogen (secondary N) is 1. The number of carboxylic acid groups (broad SMARTS) is 2. The van der Waals surface area contributed by atoms with Crippen LogP contribution in [0.15, 0.2) is 27.8 Å². The molecule has 3 heterocycles. The second-order valence-corrected chi connectivity index (χ2v) is 7.92. The minimum atomic E-state index is -1.26. The van der Waals surface area contributed by atoms with E-state index in [1.54, 1.807) is 6.92 Å². The van der Waals surface area contributed by atoms with Gasteiger partial charge in [0.2, 0.25) is 6.61 Å². The zero-order valence-corrected chi connectivity index (χ0v) is 15.9. The molecule has 28 heavy (non-hydrogen) atoms. The van der Waals surface area contributed by atoms with Crippen LogP contribution in [0.2, 0.25) is 0 Å². The Morgan fingerprint density at radius 3 is 2.75 bits per heavy atom. The molecule has 1 fully saturated rings. The van der Waals surface area contributed by atoms with Crippen molar-refractivity contribution in [2.75, 3.05) is 6.61 Å². The van der Waals surface area contributed by atoms with Crippen molar-refractivity contribution in [2.24, 2.45) is 5.16 Å². The maximum atomic E-state index is 12.6.